The molecule has 0 unspecified atom stereocenters. The lowest BCUT2D eigenvalue weighted by Gasteiger charge is -2.22. The smallest absolute Gasteiger partial charge is 0.408 e. The molecule has 0 aliphatic heterocycles. The monoisotopic (exact) mass is 399 g/mol. The highest BCUT2D eigenvalue weighted by molar-refractivity contribution is 5.85. The van der Waals surface area contributed by atoms with Crippen LogP contribution in [0.3, 0.4) is 0 Å². The number of ether oxygens (including phenoxy) is 1. The molecule has 0 fully saturated rings. The van der Waals surface area contributed by atoms with Crippen molar-refractivity contribution in [3.05, 3.63) is 59.2 Å². The van der Waals surface area contributed by atoms with Crippen LogP contribution in [0.1, 0.15) is 44.4 Å². The molecule has 6 nitrogen and oxygen atoms in total. The van der Waals surface area contributed by atoms with E-state index in [1.807, 2.05) is 24.3 Å². The van der Waals surface area contributed by atoms with Crippen molar-refractivity contribution in [2.75, 3.05) is 0 Å². The number of benzene rings is 2. The lowest BCUT2D eigenvalue weighted by Crippen LogP contribution is -2.43. The lowest BCUT2D eigenvalue weighted by molar-refractivity contribution is -0.119. The Balaban J connectivity index is 1.97. The number of hydrogen-bond donors (Lipinski definition) is 3. The number of aromatic hydroxyl groups is 2. The van der Waals surface area contributed by atoms with E-state index < -0.39 is 17.7 Å². The molecule has 1 atom stereocenters. The van der Waals surface area contributed by atoms with Gasteiger partial charge in [-0.1, -0.05) is 30.3 Å². The van der Waals surface area contributed by atoms with E-state index in [4.69, 9.17) is 4.74 Å². The molecule has 156 valence electrons. The van der Waals surface area contributed by atoms with E-state index >= 15 is 0 Å². The molecule has 0 aromatic heterocycles. The molecular formula is C23H29NO5. The van der Waals surface area contributed by atoms with Crippen molar-refractivity contribution in [2.24, 2.45) is 0 Å². The van der Waals surface area contributed by atoms with Crippen molar-refractivity contribution < 1.29 is 24.5 Å². The van der Waals surface area contributed by atoms with Gasteiger partial charge in [-0.2, -0.15) is 0 Å². The molecule has 0 aliphatic carbocycles. The Labute approximate surface area is 171 Å². The Morgan fingerprint density at radius 1 is 0.966 bits per heavy atom. The number of hydrogen-bond acceptors (Lipinski definition) is 5. The summed E-state index contributed by atoms with van der Waals surface area (Å²) in [5.74, 6) is 0.0215. The SMILES string of the molecule is CC(=O)[C@H](Cc1ccc(CCc2c(O)cccc2O)cc1)NC(=O)OC(C)(C)C. The summed E-state index contributed by atoms with van der Waals surface area (Å²) in [5, 5.41) is 22.4. The summed E-state index contributed by atoms with van der Waals surface area (Å²) < 4.78 is 5.23. The van der Waals surface area contributed by atoms with Gasteiger partial charge in [0.05, 0.1) is 6.04 Å². The zero-order chi connectivity index (χ0) is 21.6. The third-order valence-corrected chi connectivity index (χ3v) is 4.43. The molecule has 1 amide bonds. The lowest BCUT2D eigenvalue weighted by atomic mass is 9.99. The van der Waals surface area contributed by atoms with Crippen LogP contribution in [0.15, 0.2) is 42.5 Å². The molecule has 0 saturated carbocycles. The second-order valence-corrected chi connectivity index (χ2v) is 8.10. The summed E-state index contributed by atoms with van der Waals surface area (Å²) in [6.45, 7) is 6.74. The van der Waals surface area contributed by atoms with Crippen LogP contribution < -0.4 is 5.32 Å². The second kappa shape index (κ2) is 9.45. The number of carbonyl (C=O) groups excluding carboxylic acids is 2. The fourth-order valence-corrected chi connectivity index (χ4v) is 2.91. The van der Waals surface area contributed by atoms with Crippen LogP contribution in [-0.4, -0.2) is 33.7 Å². The molecule has 3 N–H and O–H groups in total. The number of carbonyl (C=O) groups is 2. The molecule has 2 rings (SSSR count). The van der Waals surface area contributed by atoms with Gasteiger partial charge >= 0.3 is 6.09 Å². The van der Waals surface area contributed by atoms with Gasteiger partial charge in [0.15, 0.2) is 5.78 Å². The number of phenols is 2. The van der Waals surface area contributed by atoms with Gasteiger partial charge in [-0.3, -0.25) is 4.79 Å². The van der Waals surface area contributed by atoms with Gasteiger partial charge in [0.1, 0.15) is 17.1 Å². The molecule has 6 heteroatoms. The first kappa shape index (κ1) is 22.3. The molecule has 0 radical (unpaired) electrons. The maximum atomic E-state index is 12.0. The van der Waals surface area contributed by atoms with Crippen LogP contribution in [0.4, 0.5) is 4.79 Å². The number of Topliss-reactive ketones (excluding diaryl/α,β-unsaturated/α-hetero) is 1. The molecule has 2 aromatic carbocycles. The van der Waals surface area contributed by atoms with Gasteiger partial charge in [-0.05, 0) is 70.2 Å². The van der Waals surface area contributed by atoms with Gasteiger partial charge in [0.2, 0.25) is 0 Å². The van der Waals surface area contributed by atoms with Crippen LogP contribution in [0.2, 0.25) is 0 Å². The van der Waals surface area contributed by atoms with E-state index in [9.17, 15) is 19.8 Å². The Hall–Kier alpha value is -3.02. The highest BCUT2D eigenvalue weighted by Gasteiger charge is 2.22. The van der Waals surface area contributed by atoms with Gasteiger partial charge < -0.3 is 20.3 Å². The zero-order valence-electron chi connectivity index (χ0n) is 17.4. The summed E-state index contributed by atoms with van der Waals surface area (Å²) in [6.07, 6.45) is 0.915. The van der Waals surface area contributed by atoms with E-state index in [1.165, 1.54) is 6.92 Å². The van der Waals surface area contributed by atoms with E-state index in [2.05, 4.69) is 5.32 Å². The number of phenolic OH excluding ortho intramolecular Hbond substituents is 2. The third-order valence-electron chi connectivity index (χ3n) is 4.43. The first-order chi connectivity index (χ1) is 13.5. The molecule has 0 spiro atoms. The molecule has 0 heterocycles. The molecule has 0 bridgehead atoms. The van der Waals surface area contributed by atoms with Crippen molar-refractivity contribution in [3.8, 4) is 11.5 Å². The van der Waals surface area contributed by atoms with Crippen molar-refractivity contribution >= 4 is 11.9 Å². The average Bonchev–Trinajstić information content (AvgIpc) is 2.60. The third kappa shape index (κ3) is 7.14. The van der Waals surface area contributed by atoms with Crippen LogP contribution in [-0.2, 0) is 28.8 Å². The minimum Gasteiger partial charge on any atom is -0.508 e. The summed E-state index contributed by atoms with van der Waals surface area (Å²) in [6, 6.07) is 11.7. The maximum absolute atomic E-state index is 12.0. The van der Waals surface area contributed by atoms with Crippen LogP contribution in [0.25, 0.3) is 0 Å². The summed E-state index contributed by atoms with van der Waals surface area (Å²) in [7, 11) is 0. The zero-order valence-corrected chi connectivity index (χ0v) is 17.4. The quantitative estimate of drug-likeness (QED) is 0.656. The minimum atomic E-state index is -0.658. The average molecular weight is 399 g/mol. The summed E-state index contributed by atoms with van der Waals surface area (Å²) in [4.78, 5) is 23.9. The van der Waals surface area contributed by atoms with Gasteiger partial charge in [0.25, 0.3) is 0 Å². The Morgan fingerprint density at radius 3 is 2.03 bits per heavy atom. The maximum Gasteiger partial charge on any atom is 0.408 e. The number of amides is 1. The van der Waals surface area contributed by atoms with Crippen LogP contribution in [0.5, 0.6) is 11.5 Å². The predicted octanol–water partition coefficient (Wildman–Crippen LogP) is 3.91. The normalized spacial score (nSPS) is 12.3. The largest absolute Gasteiger partial charge is 0.508 e. The molecule has 2 aromatic rings. The Bertz CT molecular complexity index is 832. The molecule has 29 heavy (non-hydrogen) atoms. The van der Waals surface area contributed by atoms with E-state index in [0.717, 1.165) is 11.1 Å². The Kier molecular flexibility index (Phi) is 7.26. The standard InChI is InChI=1S/C23H29NO5/c1-15(25)19(24-22(28)29-23(2,3)4)14-17-10-8-16(9-11-17)12-13-18-20(26)6-5-7-21(18)27/h5-11,19,26-27H,12-14H2,1-4H3,(H,24,28)/t19-/m0/s1. The fourth-order valence-electron chi connectivity index (χ4n) is 2.91. The minimum absolute atomic E-state index is 0.0825. The first-order valence-electron chi connectivity index (χ1n) is 9.63. The van der Waals surface area contributed by atoms with E-state index in [-0.39, 0.29) is 17.3 Å². The molecular weight excluding hydrogens is 370 g/mol. The fraction of sp³-hybridized carbons (Fsp3) is 0.391. The van der Waals surface area contributed by atoms with E-state index in [0.29, 0.717) is 24.8 Å². The van der Waals surface area contributed by atoms with Crippen molar-refractivity contribution in [3.63, 3.8) is 0 Å². The first-order valence-corrected chi connectivity index (χ1v) is 9.63. The number of aryl methyl sites for hydroxylation is 1. The second-order valence-electron chi connectivity index (χ2n) is 8.10. The Morgan fingerprint density at radius 2 is 1.52 bits per heavy atom. The number of rotatable bonds is 7. The number of nitrogens with one attached hydrogen (secondary N) is 1. The predicted molar refractivity (Wildman–Crippen MR) is 111 cm³/mol. The summed E-state index contributed by atoms with van der Waals surface area (Å²) >= 11 is 0. The van der Waals surface area contributed by atoms with Crippen molar-refractivity contribution in [2.45, 2.75) is 58.6 Å². The summed E-state index contributed by atoms with van der Waals surface area (Å²) in [5.41, 5.74) is 1.84. The highest BCUT2D eigenvalue weighted by atomic mass is 16.6. The number of ketones is 1. The van der Waals surface area contributed by atoms with Crippen molar-refractivity contribution in [1.82, 2.24) is 5.32 Å². The van der Waals surface area contributed by atoms with E-state index in [1.54, 1.807) is 39.0 Å². The molecule has 0 aliphatic rings. The van der Waals surface area contributed by atoms with Gasteiger partial charge in [-0.15, -0.1) is 0 Å². The topological polar surface area (TPSA) is 95.9 Å². The molecule has 0 saturated heterocycles. The van der Waals surface area contributed by atoms with Crippen LogP contribution >= 0.6 is 0 Å². The van der Waals surface area contributed by atoms with Gasteiger partial charge in [0, 0.05) is 5.56 Å². The number of alkyl carbamates (subject to hydrolysis) is 1. The van der Waals surface area contributed by atoms with Crippen molar-refractivity contribution in [1.29, 1.82) is 0 Å². The van der Waals surface area contributed by atoms with Crippen LogP contribution in [0, 0.1) is 0 Å². The highest BCUT2D eigenvalue weighted by Crippen LogP contribution is 2.27. The van der Waals surface area contributed by atoms with Gasteiger partial charge in [-0.25, -0.2) is 4.79 Å².